The summed E-state index contributed by atoms with van der Waals surface area (Å²) >= 11 is 1.46. The summed E-state index contributed by atoms with van der Waals surface area (Å²) in [5, 5.41) is 12.2. The summed E-state index contributed by atoms with van der Waals surface area (Å²) < 4.78 is 0. The number of pyridine rings is 1. The van der Waals surface area contributed by atoms with Gasteiger partial charge in [-0.05, 0) is 18.6 Å². The van der Waals surface area contributed by atoms with Gasteiger partial charge in [-0.3, -0.25) is 9.78 Å². The van der Waals surface area contributed by atoms with E-state index in [1.165, 1.54) is 11.8 Å². The number of rotatable bonds is 7. The van der Waals surface area contributed by atoms with E-state index in [0.717, 1.165) is 17.7 Å². The Balaban J connectivity index is 2.17. The molecule has 0 bridgehead atoms. The van der Waals surface area contributed by atoms with Crippen molar-refractivity contribution in [3.8, 4) is 0 Å². The van der Waals surface area contributed by atoms with Crippen LogP contribution in [-0.4, -0.2) is 34.4 Å². The van der Waals surface area contributed by atoms with Gasteiger partial charge in [-0.2, -0.15) is 0 Å². The van der Waals surface area contributed by atoms with Gasteiger partial charge in [0.05, 0.1) is 11.9 Å². The van der Waals surface area contributed by atoms with E-state index in [-0.39, 0.29) is 5.91 Å². The number of amides is 1. The Morgan fingerprint density at radius 2 is 2.24 bits per heavy atom. The van der Waals surface area contributed by atoms with Crippen molar-refractivity contribution in [2.24, 2.45) is 0 Å². The first-order valence-corrected chi connectivity index (χ1v) is 6.68. The highest BCUT2D eigenvalue weighted by Gasteiger charge is 2.06. The molecule has 1 heterocycles. The molecule has 0 saturated carbocycles. The molecule has 0 radical (unpaired) electrons. The lowest BCUT2D eigenvalue weighted by atomic mass is 10.2. The van der Waals surface area contributed by atoms with E-state index in [2.05, 4.69) is 10.3 Å². The second-order valence-corrected chi connectivity index (χ2v) is 4.77. The monoisotopic (exact) mass is 254 g/mol. The topological polar surface area (TPSA) is 62.2 Å². The summed E-state index contributed by atoms with van der Waals surface area (Å²) in [5.74, 6) is 0.310. The molecule has 0 aliphatic carbocycles. The zero-order valence-electron chi connectivity index (χ0n) is 9.93. The fraction of sp³-hybridized carbons (Fsp3) is 0.500. The maximum absolute atomic E-state index is 11.5. The standard InChI is InChI=1S/C12H18N2O2S/c1-2-3-10(15)8-14-12(16)9-17-11-4-6-13-7-5-11/h4-7,10,15H,2-3,8-9H2,1H3,(H,14,16). The largest absolute Gasteiger partial charge is 0.391 e. The maximum atomic E-state index is 11.5. The van der Waals surface area contributed by atoms with Crippen LogP contribution in [0.5, 0.6) is 0 Å². The predicted molar refractivity (Wildman–Crippen MR) is 68.9 cm³/mol. The lowest BCUT2D eigenvalue weighted by Gasteiger charge is -2.10. The van der Waals surface area contributed by atoms with Crippen LogP contribution in [0, 0.1) is 0 Å². The molecule has 1 rings (SSSR count). The number of carbonyl (C=O) groups is 1. The summed E-state index contributed by atoms with van der Waals surface area (Å²) in [6, 6.07) is 3.73. The van der Waals surface area contributed by atoms with Gasteiger partial charge in [0, 0.05) is 23.8 Å². The van der Waals surface area contributed by atoms with Gasteiger partial charge in [-0.15, -0.1) is 11.8 Å². The van der Waals surface area contributed by atoms with Crippen molar-refractivity contribution in [2.75, 3.05) is 12.3 Å². The molecule has 1 aromatic rings. The van der Waals surface area contributed by atoms with Gasteiger partial charge in [0.1, 0.15) is 0 Å². The highest BCUT2D eigenvalue weighted by molar-refractivity contribution is 8.00. The molecular formula is C12H18N2O2S. The van der Waals surface area contributed by atoms with E-state index >= 15 is 0 Å². The molecule has 0 spiro atoms. The first-order valence-electron chi connectivity index (χ1n) is 5.70. The van der Waals surface area contributed by atoms with Gasteiger partial charge in [0.2, 0.25) is 5.91 Å². The molecule has 2 N–H and O–H groups in total. The molecule has 0 fully saturated rings. The van der Waals surface area contributed by atoms with E-state index in [9.17, 15) is 9.90 Å². The Kier molecular flexibility index (Phi) is 6.65. The summed E-state index contributed by atoms with van der Waals surface area (Å²) in [7, 11) is 0. The lowest BCUT2D eigenvalue weighted by Crippen LogP contribution is -2.33. The summed E-state index contributed by atoms with van der Waals surface area (Å²) in [6.07, 6.45) is 4.60. The third-order valence-electron chi connectivity index (χ3n) is 2.18. The second-order valence-electron chi connectivity index (χ2n) is 3.72. The maximum Gasteiger partial charge on any atom is 0.230 e. The average molecular weight is 254 g/mol. The predicted octanol–water partition coefficient (Wildman–Crippen LogP) is 1.45. The van der Waals surface area contributed by atoms with Crippen LogP contribution in [0.2, 0.25) is 0 Å². The molecule has 1 amide bonds. The number of carbonyl (C=O) groups excluding carboxylic acids is 1. The first-order chi connectivity index (χ1) is 8.22. The third-order valence-corrected chi connectivity index (χ3v) is 3.19. The van der Waals surface area contributed by atoms with Gasteiger partial charge in [0.25, 0.3) is 0 Å². The minimum atomic E-state index is -0.435. The Bertz CT molecular complexity index is 333. The molecule has 1 atom stereocenters. The van der Waals surface area contributed by atoms with Crippen LogP contribution in [0.1, 0.15) is 19.8 Å². The van der Waals surface area contributed by atoms with Crippen molar-refractivity contribution in [1.29, 1.82) is 0 Å². The molecule has 0 aliphatic rings. The third kappa shape index (κ3) is 6.28. The van der Waals surface area contributed by atoms with E-state index in [1.807, 2.05) is 19.1 Å². The fourth-order valence-corrected chi connectivity index (χ4v) is 2.02. The highest BCUT2D eigenvalue weighted by Crippen LogP contribution is 2.15. The second kappa shape index (κ2) is 8.08. The number of thioether (sulfide) groups is 1. The number of aliphatic hydroxyl groups is 1. The number of aliphatic hydroxyl groups excluding tert-OH is 1. The van der Waals surface area contributed by atoms with Gasteiger partial charge in [-0.25, -0.2) is 0 Å². The smallest absolute Gasteiger partial charge is 0.230 e. The van der Waals surface area contributed by atoms with Crippen LogP contribution in [0.25, 0.3) is 0 Å². The number of aromatic nitrogens is 1. The highest BCUT2D eigenvalue weighted by atomic mass is 32.2. The lowest BCUT2D eigenvalue weighted by molar-refractivity contribution is -0.119. The molecule has 4 nitrogen and oxygen atoms in total. The normalized spacial score (nSPS) is 12.1. The summed E-state index contributed by atoms with van der Waals surface area (Å²) in [6.45, 7) is 2.34. The van der Waals surface area contributed by atoms with Crippen LogP contribution in [0.15, 0.2) is 29.4 Å². The Labute approximate surface area is 106 Å². The summed E-state index contributed by atoms with van der Waals surface area (Å²) in [5.41, 5.74) is 0. The first kappa shape index (κ1) is 14.0. The van der Waals surface area contributed by atoms with Crippen molar-refractivity contribution in [1.82, 2.24) is 10.3 Å². The van der Waals surface area contributed by atoms with Crippen LogP contribution in [-0.2, 0) is 4.79 Å². The van der Waals surface area contributed by atoms with Gasteiger partial charge >= 0.3 is 0 Å². The fourth-order valence-electron chi connectivity index (χ4n) is 1.30. The Hall–Kier alpha value is -1.07. The number of nitrogens with zero attached hydrogens (tertiary/aromatic N) is 1. The van der Waals surface area contributed by atoms with E-state index < -0.39 is 6.10 Å². The van der Waals surface area contributed by atoms with Crippen molar-refractivity contribution >= 4 is 17.7 Å². The summed E-state index contributed by atoms with van der Waals surface area (Å²) in [4.78, 5) is 16.4. The van der Waals surface area contributed by atoms with Crippen LogP contribution in [0.3, 0.4) is 0 Å². The molecule has 0 aromatic carbocycles. The van der Waals surface area contributed by atoms with Gasteiger partial charge in [0.15, 0.2) is 0 Å². The molecule has 1 unspecified atom stereocenters. The average Bonchev–Trinajstić information content (AvgIpc) is 2.35. The quantitative estimate of drug-likeness (QED) is 0.723. The SMILES string of the molecule is CCCC(O)CNC(=O)CSc1ccncc1. The molecule has 0 saturated heterocycles. The van der Waals surface area contributed by atoms with E-state index in [4.69, 9.17) is 0 Å². The molecule has 1 aromatic heterocycles. The van der Waals surface area contributed by atoms with Crippen molar-refractivity contribution in [3.63, 3.8) is 0 Å². The number of hydrogen-bond acceptors (Lipinski definition) is 4. The molecular weight excluding hydrogens is 236 g/mol. The van der Waals surface area contributed by atoms with E-state index in [0.29, 0.717) is 12.3 Å². The Morgan fingerprint density at radius 1 is 1.53 bits per heavy atom. The minimum Gasteiger partial charge on any atom is -0.391 e. The zero-order valence-corrected chi connectivity index (χ0v) is 10.7. The van der Waals surface area contributed by atoms with Gasteiger partial charge in [-0.1, -0.05) is 13.3 Å². The van der Waals surface area contributed by atoms with E-state index in [1.54, 1.807) is 12.4 Å². The van der Waals surface area contributed by atoms with Crippen LogP contribution < -0.4 is 5.32 Å². The van der Waals surface area contributed by atoms with Gasteiger partial charge < -0.3 is 10.4 Å². The molecule has 5 heteroatoms. The minimum absolute atomic E-state index is 0.0537. The van der Waals surface area contributed by atoms with Crippen molar-refractivity contribution in [2.45, 2.75) is 30.8 Å². The molecule has 0 aliphatic heterocycles. The number of nitrogens with one attached hydrogen (secondary N) is 1. The van der Waals surface area contributed by atoms with Crippen molar-refractivity contribution in [3.05, 3.63) is 24.5 Å². The van der Waals surface area contributed by atoms with Crippen LogP contribution in [0.4, 0.5) is 0 Å². The number of hydrogen-bond donors (Lipinski definition) is 2. The van der Waals surface area contributed by atoms with Crippen molar-refractivity contribution < 1.29 is 9.90 Å². The molecule has 94 valence electrons. The zero-order chi connectivity index (χ0) is 12.5. The molecule has 17 heavy (non-hydrogen) atoms. The Morgan fingerprint density at radius 3 is 2.88 bits per heavy atom. The van der Waals surface area contributed by atoms with Crippen LogP contribution >= 0.6 is 11.8 Å².